The van der Waals surface area contributed by atoms with Crippen LogP contribution in [0, 0.1) is 10.8 Å². The van der Waals surface area contributed by atoms with Gasteiger partial charge in [0.2, 0.25) is 17.8 Å². The summed E-state index contributed by atoms with van der Waals surface area (Å²) in [5, 5.41) is 9.48. The molecule has 3 N–H and O–H groups in total. The Bertz CT molecular complexity index is 1940. The number of benzene rings is 1. The van der Waals surface area contributed by atoms with Crippen LogP contribution in [-0.2, 0) is 9.53 Å². The maximum Gasteiger partial charge on any atom is 0.254 e. The number of hydrogen-bond donors (Lipinski definition) is 3. The number of methoxy groups -OCH3 is 1. The smallest absolute Gasteiger partial charge is 0.254 e. The summed E-state index contributed by atoms with van der Waals surface area (Å²) in [5.74, 6) is 2.00. The van der Waals surface area contributed by atoms with Crippen molar-refractivity contribution in [1.29, 1.82) is 0 Å². The molecule has 0 spiro atoms. The minimum Gasteiger partial charge on any atom is -0.495 e. The highest BCUT2D eigenvalue weighted by molar-refractivity contribution is 6.04. The van der Waals surface area contributed by atoms with E-state index >= 15 is 0 Å². The standard InChI is InChI=1S/C43H60N10O5/c1-8-32-38(56)51(6)33-25-45-40(49-35(33)53(32)29-12-9-10-13-29)48-31-15-14-27(22-34(31)57-7)36(54)44-18-11-21-58-30-16-19-52(20-17-30)41-46-23-28(24-47-41)37(55)50-39-42(2,3)26-43(39,4)5/h14-15,22-25,29-30,32,39H,8-13,16-21,26H2,1-7H3,(H,44,54)(H,50,55)(H,45,48,49). The summed E-state index contributed by atoms with van der Waals surface area (Å²) < 4.78 is 11.8. The van der Waals surface area contributed by atoms with Crippen LogP contribution >= 0.6 is 0 Å². The minimum atomic E-state index is -0.258. The Balaban J connectivity index is 0.851. The first-order valence-corrected chi connectivity index (χ1v) is 21.0. The average molecular weight is 797 g/mol. The molecule has 2 aromatic heterocycles. The van der Waals surface area contributed by atoms with Gasteiger partial charge in [0, 0.05) is 63.3 Å². The maximum absolute atomic E-state index is 13.3. The van der Waals surface area contributed by atoms with E-state index in [2.05, 4.69) is 68.4 Å². The predicted octanol–water partition coefficient (Wildman–Crippen LogP) is 5.88. The molecule has 4 aliphatic rings. The van der Waals surface area contributed by atoms with E-state index in [0.717, 1.165) is 63.9 Å². The SMILES string of the molecule is CCC1C(=O)N(C)c2cnc(Nc3ccc(C(=O)NCCCOC4CCN(c5ncc(C(=O)NC6C(C)(C)CC6(C)C)cn5)CC4)cc3OC)nc2N1C1CCCC1. The number of rotatable bonds is 14. The minimum absolute atomic E-state index is 0.0709. The lowest BCUT2D eigenvalue weighted by molar-refractivity contribution is -0.120. The van der Waals surface area contributed by atoms with E-state index in [1.165, 1.54) is 0 Å². The highest BCUT2D eigenvalue weighted by Crippen LogP contribution is 2.53. The Kier molecular flexibility index (Phi) is 12.1. The number of carbonyl (C=O) groups excluding carboxylic acids is 3. The van der Waals surface area contributed by atoms with Crippen molar-refractivity contribution in [3.8, 4) is 5.75 Å². The molecule has 15 nitrogen and oxygen atoms in total. The monoisotopic (exact) mass is 796 g/mol. The molecular weight excluding hydrogens is 737 g/mol. The fraction of sp³-hybridized carbons (Fsp3) is 0.605. The van der Waals surface area contributed by atoms with Crippen LogP contribution in [0.4, 0.5) is 29.1 Å². The van der Waals surface area contributed by atoms with Crippen LogP contribution in [0.15, 0.2) is 36.8 Å². The van der Waals surface area contributed by atoms with E-state index in [0.29, 0.717) is 66.1 Å². The molecule has 1 unspecified atom stereocenters. The summed E-state index contributed by atoms with van der Waals surface area (Å²) >= 11 is 0. The van der Waals surface area contributed by atoms with Gasteiger partial charge in [-0.05, 0) is 74.0 Å². The molecule has 2 saturated carbocycles. The summed E-state index contributed by atoms with van der Waals surface area (Å²) in [6, 6.07) is 5.36. The third-order valence-corrected chi connectivity index (χ3v) is 12.5. The second-order valence-corrected chi connectivity index (χ2v) is 17.6. The Morgan fingerprint density at radius 2 is 1.64 bits per heavy atom. The lowest BCUT2D eigenvalue weighted by Crippen LogP contribution is -2.63. The molecule has 1 aromatic carbocycles. The van der Waals surface area contributed by atoms with Gasteiger partial charge < -0.3 is 40.1 Å². The van der Waals surface area contributed by atoms with Gasteiger partial charge in [0.1, 0.15) is 17.5 Å². The number of aromatic nitrogens is 4. The van der Waals surface area contributed by atoms with Gasteiger partial charge in [0.25, 0.3) is 11.8 Å². The number of hydrogen-bond acceptors (Lipinski definition) is 12. The van der Waals surface area contributed by atoms with Gasteiger partial charge in [-0.2, -0.15) is 4.98 Å². The Morgan fingerprint density at radius 1 is 0.931 bits per heavy atom. The van der Waals surface area contributed by atoms with E-state index in [1.54, 1.807) is 55.8 Å². The third-order valence-electron chi connectivity index (χ3n) is 12.5. The van der Waals surface area contributed by atoms with Crippen LogP contribution in [0.2, 0.25) is 0 Å². The molecule has 0 bridgehead atoms. The zero-order chi connectivity index (χ0) is 41.2. The fourth-order valence-electron chi connectivity index (χ4n) is 9.86. The van der Waals surface area contributed by atoms with E-state index in [1.807, 2.05) is 6.92 Å². The van der Waals surface area contributed by atoms with Crippen molar-refractivity contribution in [1.82, 2.24) is 30.6 Å². The van der Waals surface area contributed by atoms with Crippen LogP contribution < -0.4 is 35.4 Å². The number of piperidine rings is 1. The van der Waals surface area contributed by atoms with E-state index in [-0.39, 0.29) is 52.8 Å². The van der Waals surface area contributed by atoms with Crippen molar-refractivity contribution in [3.05, 3.63) is 47.9 Å². The second kappa shape index (κ2) is 17.0. The van der Waals surface area contributed by atoms with E-state index < -0.39 is 0 Å². The molecule has 58 heavy (non-hydrogen) atoms. The van der Waals surface area contributed by atoms with E-state index in [9.17, 15) is 14.4 Å². The second-order valence-electron chi connectivity index (χ2n) is 17.6. The highest BCUT2D eigenvalue weighted by Gasteiger charge is 2.53. The largest absolute Gasteiger partial charge is 0.495 e. The number of anilines is 5. The maximum atomic E-state index is 13.3. The highest BCUT2D eigenvalue weighted by atomic mass is 16.5. The van der Waals surface area contributed by atoms with Gasteiger partial charge in [0.15, 0.2) is 5.82 Å². The lowest BCUT2D eigenvalue weighted by Gasteiger charge is -2.57. The van der Waals surface area contributed by atoms with Crippen molar-refractivity contribution >= 4 is 46.8 Å². The molecular formula is C43H60N10O5. The first-order valence-electron chi connectivity index (χ1n) is 21.0. The summed E-state index contributed by atoms with van der Waals surface area (Å²) in [6.07, 6.45) is 13.6. The molecule has 2 aliphatic carbocycles. The normalized spacial score (nSPS) is 20.7. The number of amides is 3. The Morgan fingerprint density at radius 3 is 2.29 bits per heavy atom. The molecule has 312 valence electrons. The quantitative estimate of drug-likeness (QED) is 0.166. The first-order chi connectivity index (χ1) is 27.8. The molecule has 15 heteroatoms. The molecule has 2 aliphatic heterocycles. The summed E-state index contributed by atoms with van der Waals surface area (Å²) in [4.78, 5) is 63.8. The molecule has 0 radical (unpaired) electrons. The number of carbonyl (C=O) groups is 3. The Hall–Kier alpha value is -5.05. The first kappa shape index (κ1) is 41.1. The summed E-state index contributed by atoms with van der Waals surface area (Å²) in [5.41, 5.74) is 2.42. The van der Waals surface area contributed by atoms with Crippen LogP contribution in [0.3, 0.4) is 0 Å². The predicted molar refractivity (Wildman–Crippen MR) is 224 cm³/mol. The van der Waals surface area contributed by atoms with Crippen LogP contribution in [0.25, 0.3) is 0 Å². The molecule has 4 heterocycles. The van der Waals surface area contributed by atoms with Crippen molar-refractivity contribution in [3.63, 3.8) is 0 Å². The topological polar surface area (TPSA) is 167 Å². The third kappa shape index (κ3) is 8.55. The van der Waals surface area contributed by atoms with Crippen molar-refractivity contribution in [2.45, 2.75) is 117 Å². The summed E-state index contributed by atoms with van der Waals surface area (Å²) in [7, 11) is 3.35. The number of ether oxygens (including phenoxy) is 2. The van der Waals surface area contributed by atoms with Gasteiger partial charge in [-0.15, -0.1) is 0 Å². The van der Waals surface area contributed by atoms with Crippen molar-refractivity contribution in [2.75, 3.05) is 60.4 Å². The molecule has 7 rings (SSSR count). The van der Waals surface area contributed by atoms with Gasteiger partial charge in [-0.25, -0.2) is 15.0 Å². The van der Waals surface area contributed by atoms with Crippen molar-refractivity contribution < 1.29 is 23.9 Å². The number of fused-ring (bicyclic) bond motifs is 1. The van der Waals surface area contributed by atoms with Gasteiger partial charge >= 0.3 is 0 Å². The van der Waals surface area contributed by atoms with Gasteiger partial charge in [-0.1, -0.05) is 47.5 Å². The molecule has 3 fully saturated rings. The Labute approximate surface area is 342 Å². The molecule has 3 aromatic rings. The molecule has 1 saturated heterocycles. The average Bonchev–Trinajstić information content (AvgIpc) is 3.75. The zero-order valence-electron chi connectivity index (χ0n) is 35.1. The zero-order valence-corrected chi connectivity index (χ0v) is 35.1. The lowest BCUT2D eigenvalue weighted by atomic mass is 9.52. The number of nitrogens with zero attached hydrogens (tertiary/aromatic N) is 7. The molecule has 3 amide bonds. The van der Waals surface area contributed by atoms with Gasteiger partial charge in [0.05, 0.1) is 30.7 Å². The van der Waals surface area contributed by atoms with Gasteiger partial charge in [-0.3, -0.25) is 14.4 Å². The number of nitrogens with one attached hydrogen (secondary N) is 3. The fourth-order valence-corrected chi connectivity index (χ4v) is 9.86. The van der Waals surface area contributed by atoms with Crippen LogP contribution in [-0.4, -0.2) is 102 Å². The van der Waals surface area contributed by atoms with Crippen molar-refractivity contribution in [2.24, 2.45) is 10.8 Å². The van der Waals surface area contributed by atoms with Crippen LogP contribution in [0.1, 0.15) is 113 Å². The summed E-state index contributed by atoms with van der Waals surface area (Å²) in [6.45, 7) is 13.3. The van der Waals surface area contributed by atoms with E-state index in [4.69, 9.17) is 14.5 Å². The van der Waals surface area contributed by atoms with Crippen LogP contribution in [0.5, 0.6) is 5.75 Å². The number of likely N-dealkylation sites (N-methyl/N-ethyl adjacent to an activating group) is 1. The molecule has 1 atom stereocenters.